The first kappa shape index (κ1) is 10.5. The van der Waals surface area contributed by atoms with Crippen LogP contribution in [0, 0.1) is 17.8 Å². The van der Waals surface area contributed by atoms with Crippen molar-refractivity contribution < 1.29 is 5.11 Å². The number of aliphatic hydroxyl groups excluding tert-OH is 1. The van der Waals surface area contributed by atoms with Gasteiger partial charge in [-0.2, -0.15) is 0 Å². The van der Waals surface area contributed by atoms with Crippen molar-refractivity contribution in [1.29, 1.82) is 0 Å². The van der Waals surface area contributed by atoms with E-state index in [0.29, 0.717) is 5.92 Å². The molecule has 1 aromatic heterocycles. The Bertz CT molecular complexity index is 579. The number of hydrogen-bond donors (Lipinski definition) is 1. The number of hydrogen-bond acceptors (Lipinski definition) is 2. The van der Waals surface area contributed by atoms with E-state index in [1.54, 1.807) is 0 Å². The molecule has 1 N–H and O–H groups in total. The summed E-state index contributed by atoms with van der Waals surface area (Å²) >= 11 is 0. The fraction of sp³-hybridized carbons (Fsp3) is 0.438. The molecule has 2 nitrogen and oxygen atoms in total. The van der Waals surface area contributed by atoms with Gasteiger partial charge in [0.1, 0.15) is 0 Å². The van der Waals surface area contributed by atoms with Crippen LogP contribution in [0.4, 0.5) is 0 Å². The highest BCUT2D eigenvalue weighted by Crippen LogP contribution is 2.57. The number of benzene rings is 1. The minimum atomic E-state index is -0.337. The number of nitrogens with zero attached hydrogens (tertiary/aromatic N) is 1. The Morgan fingerprint density at radius 2 is 1.83 bits per heavy atom. The van der Waals surface area contributed by atoms with Crippen molar-refractivity contribution in [3.63, 3.8) is 0 Å². The Labute approximate surface area is 107 Å². The van der Waals surface area contributed by atoms with Crippen LogP contribution in [0.1, 0.15) is 30.9 Å². The van der Waals surface area contributed by atoms with Gasteiger partial charge >= 0.3 is 0 Å². The molecule has 0 saturated heterocycles. The first-order valence-electron chi connectivity index (χ1n) is 6.83. The van der Waals surface area contributed by atoms with Crippen LogP contribution in [0.5, 0.6) is 0 Å². The van der Waals surface area contributed by atoms with Crippen LogP contribution < -0.4 is 0 Å². The third-order valence-electron chi connectivity index (χ3n) is 4.74. The van der Waals surface area contributed by atoms with Gasteiger partial charge in [-0.1, -0.05) is 24.3 Å². The molecule has 0 spiro atoms. The van der Waals surface area contributed by atoms with E-state index in [-0.39, 0.29) is 6.10 Å². The topological polar surface area (TPSA) is 33.1 Å². The Morgan fingerprint density at radius 1 is 1.06 bits per heavy atom. The van der Waals surface area contributed by atoms with Crippen molar-refractivity contribution >= 4 is 10.8 Å². The lowest BCUT2D eigenvalue weighted by Crippen LogP contribution is -2.11. The molecule has 2 aromatic rings. The number of fused-ring (bicyclic) bond motifs is 2. The van der Waals surface area contributed by atoms with Gasteiger partial charge in [0, 0.05) is 23.3 Å². The standard InChI is InChI=1S/C16H17NO/c18-16(13-6-11-5-12(11)7-13)15-9-17-8-10-3-1-2-4-14(10)15/h1-4,8-9,11-13,16,18H,5-7H2. The molecule has 18 heavy (non-hydrogen) atoms. The summed E-state index contributed by atoms with van der Waals surface area (Å²) in [6.45, 7) is 0. The zero-order chi connectivity index (χ0) is 12.1. The number of aromatic nitrogens is 1. The first-order chi connectivity index (χ1) is 8.83. The Morgan fingerprint density at radius 3 is 2.67 bits per heavy atom. The maximum atomic E-state index is 10.6. The molecule has 1 heterocycles. The number of pyridine rings is 1. The summed E-state index contributed by atoms with van der Waals surface area (Å²) in [7, 11) is 0. The molecule has 2 aliphatic carbocycles. The summed E-state index contributed by atoms with van der Waals surface area (Å²) in [4.78, 5) is 4.28. The fourth-order valence-electron chi connectivity index (χ4n) is 3.65. The van der Waals surface area contributed by atoms with Crippen LogP contribution in [0.3, 0.4) is 0 Å². The Kier molecular flexibility index (Phi) is 2.21. The van der Waals surface area contributed by atoms with Crippen molar-refractivity contribution in [1.82, 2.24) is 4.98 Å². The maximum absolute atomic E-state index is 10.6. The first-order valence-corrected chi connectivity index (χ1v) is 6.83. The van der Waals surface area contributed by atoms with Gasteiger partial charge in [0.05, 0.1) is 6.10 Å². The minimum absolute atomic E-state index is 0.337. The average Bonchev–Trinajstić information content (AvgIpc) is 3.04. The number of aliphatic hydroxyl groups is 1. The van der Waals surface area contributed by atoms with Gasteiger partial charge in [-0.3, -0.25) is 4.98 Å². The largest absolute Gasteiger partial charge is 0.388 e. The van der Waals surface area contributed by atoms with Crippen LogP contribution >= 0.6 is 0 Å². The van der Waals surface area contributed by atoms with Crippen LogP contribution in [-0.4, -0.2) is 10.1 Å². The average molecular weight is 239 g/mol. The molecule has 2 saturated carbocycles. The zero-order valence-corrected chi connectivity index (χ0v) is 10.3. The van der Waals surface area contributed by atoms with E-state index >= 15 is 0 Å². The maximum Gasteiger partial charge on any atom is 0.0839 e. The van der Waals surface area contributed by atoms with Gasteiger partial charge in [0.15, 0.2) is 0 Å². The van der Waals surface area contributed by atoms with Crippen molar-refractivity contribution in [2.24, 2.45) is 17.8 Å². The summed E-state index contributed by atoms with van der Waals surface area (Å²) in [5.41, 5.74) is 1.01. The summed E-state index contributed by atoms with van der Waals surface area (Å²) < 4.78 is 0. The molecule has 92 valence electrons. The van der Waals surface area contributed by atoms with Crippen LogP contribution in [0.2, 0.25) is 0 Å². The summed E-state index contributed by atoms with van der Waals surface area (Å²) in [5, 5.41) is 12.9. The van der Waals surface area contributed by atoms with E-state index in [2.05, 4.69) is 17.1 Å². The van der Waals surface area contributed by atoms with E-state index < -0.39 is 0 Å². The minimum Gasteiger partial charge on any atom is -0.388 e. The summed E-state index contributed by atoms with van der Waals surface area (Å²) in [6.07, 6.45) is 7.19. The van der Waals surface area contributed by atoms with Crippen LogP contribution in [0.15, 0.2) is 36.7 Å². The molecule has 2 heteroatoms. The number of rotatable bonds is 2. The highest BCUT2D eigenvalue weighted by atomic mass is 16.3. The third kappa shape index (κ3) is 1.56. The zero-order valence-electron chi connectivity index (χ0n) is 10.3. The van der Waals surface area contributed by atoms with Crippen LogP contribution in [0.25, 0.3) is 10.8 Å². The van der Waals surface area contributed by atoms with E-state index in [9.17, 15) is 5.11 Å². The van der Waals surface area contributed by atoms with Gasteiger partial charge in [-0.25, -0.2) is 0 Å². The molecule has 0 radical (unpaired) electrons. The second kappa shape index (κ2) is 3.79. The van der Waals surface area contributed by atoms with E-state index in [0.717, 1.165) is 28.2 Å². The fourth-order valence-corrected chi connectivity index (χ4v) is 3.65. The Hall–Kier alpha value is -1.41. The molecule has 1 aromatic carbocycles. The van der Waals surface area contributed by atoms with Gasteiger partial charge in [-0.15, -0.1) is 0 Å². The lowest BCUT2D eigenvalue weighted by atomic mass is 9.90. The van der Waals surface area contributed by atoms with Gasteiger partial charge in [0.2, 0.25) is 0 Å². The molecule has 2 fully saturated rings. The second-order valence-electron chi connectivity index (χ2n) is 5.88. The molecule has 4 rings (SSSR count). The molecule has 0 bridgehead atoms. The molecule has 3 unspecified atom stereocenters. The smallest absolute Gasteiger partial charge is 0.0839 e. The predicted molar refractivity (Wildman–Crippen MR) is 71.0 cm³/mol. The SMILES string of the molecule is OC(c1cncc2ccccc12)C1CC2CC2C1. The molecule has 3 atom stereocenters. The normalized spacial score (nSPS) is 31.3. The molecule has 0 amide bonds. The summed E-state index contributed by atoms with van der Waals surface area (Å²) in [6, 6.07) is 8.20. The van der Waals surface area contributed by atoms with Crippen LogP contribution in [-0.2, 0) is 0 Å². The molecular weight excluding hydrogens is 222 g/mol. The molecule has 2 aliphatic rings. The third-order valence-corrected chi connectivity index (χ3v) is 4.74. The van der Waals surface area contributed by atoms with Crippen molar-refractivity contribution in [2.75, 3.05) is 0 Å². The van der Waals surface area contributed by atoms with E-state index in [4.69, 9.17) is 0 Å². The van der Waals surface area contributed by atoms with Gasteiger partial charge in [-0.05, 0) is 42.4 Å². The van der Waals surface area contributed by atoms with E-state index in [1.165, 1.54) is 19.3 Å². The second-order valence-corrected chi connectivity index (χ2v) is 5.88. The molecule has 0 aliphatic heterocycles. The van der Waals surface area contributed by atoms with Crippen molar-refractivity contribution in [3.05, 3.63) is 42.2 Å². The molecular formula is C16H17NO. The highest BCUT2D eigenvalue weighted by Gasteiger charge is 2.48. The predicted octanol–water partition coefficient (Wildman–Crippen LogP) is 3.31. The van der Waals surface area contributed by atoms with Crippen molar-refractivity contribution in [2.45, 2.75) is 25.4 Å². The summed E-state index contributed by atoms with van der Waals surface area (Å²) in [5.74, 6) is 2.27. The van der Waals surface area contributed by atoms with E-state index in [1.807, 2.05) is 24.5 Å². The lowest BCUT2D eigenvalue weighted by molar-refractivity contribution is 0.105. The van der Waals surface area contributed by atoms with Gasteiger partial charge < -0.3 is 5.11 Å². The highest BCUT2D eigenvalue weighted by molar-refractivity contribution is 5.84. The van der Waals surface area contributed by atoms with Crippen molar-refractivity contribution in [3.8, 4) is 0 Å². The lowest BCUT2D eigenvalue weighted by Gasteiger charge is -2.20. The quantitative estimate of drug-likeness (QED) is 0.872. The Balaban J connectivity index is 1.72. The van der Waals surface area contributed by atoms with Gasteiger partial charge in [0.25, 0.3) is 0 Å². The monoisotopic (exact) mass is 239 g/mol.